The summed E-state index contributed by atoms with van der Waals surface area (Å²) in [6, 6.07) is 3.13. The van der Waals surface area contributed by atoms with Crippen molar-refractivity contribution in [2.75, 3.05) is 12.4 Å². The van der Waals surface area contributed by atoms with Crippen LogP contribution in [0.5, 0.6) is 0 Å². The Morgan fingerprint density at radius 2 is 2.22 bits per heavy atom. The number of anilines is 1. The molecule has 0 bridgehead atoms. The number of carbonyl (C=O) groups is 2. The van der Waals surface area contributed by atoms with Gasteiger partial charge in [0.25, 0.3) is 5.56 Å². The third kappa shape index (κ3) is 3.62. The lowest BCUT2D eigenvalue weighted by Crippen LogP contribution is -2.29. The third-order valence-electron chi connectivity index (χ3n) is 3.32. The molecule has 120 valence electrons. The summed E-state index contributed by atoms with van der Waals surface area (Å²) in [5.74, 6) is -0.610. The van der Waals surface area contributed by atoms with E-state index in [1.807, 2.05) is 0 Å². The van der Waals surface area contributed by atoms with Gasteiger partial charge in [-0.3, -0.25) is 9.59 Å². The van der Waals surface area contributed by atoms with Gasteiger partial charge in [0.1, 0.15) is 6.54 Å². The molecule has 0 unspecified atom stereocenters. The number of hydrogen-bond donors (Lipinski definition) is 1. The first-order valence-corrected chi connectivity index (χ1v) is 7.86. The molecule has 0 atom stereocenters. The van der Waals surface area contributed by atoms with Crippen molar-refractivity contribution in [1.29, 1.82) is 0 Å². The minimum atomic E-state index is -0.572. The maximum atomic E-state index is 12.0. The van der Waals surface area contributed by atoms with Crippen LogP contribution < -0.4 is 10.9 Å². The van der Waals surface area contributed by atoms with Crippen LogP contribution >= 0.6 is 11.3 Å². The van der Waals surface area contributed by atoms with Crippen molar-refractivity contribution in [3.63, 3.8) is 0 Å². The Labute approximate surface area is 135 Å². The van der Waals surface area contributed by atoms with Gasteiger partial charge in [-0.1, -0.05) is 0 Å². The Balaban J connectivity index is 1.67. The molecule has 1 N–H and O–H groups in total. The second kappa shape index (κ2) is 6.29. The lowest BCUT2D eigenvalue weighted by atomic mass is 10.3. The van der Waals surface area contributed by atoms with Gasteiger partial charge in [0.2, 0.25) is 5.91 Å². The molecule has 8 nitrogen and oxygen atoms in total. The van der Waals surface area contributed by atoms with E-state index < -0.39 is 11.9 Å². The van der Waals surface area contributed by atoms with E-state index in [-0.39, 0.29) is 22.9 Å². The highest BCUT2D eigenvalue weighted by Gasteiger charge is 2.25. The molecular weight excluding hydrogens is 320 g/mol. The van der Waals surface area contributed by atoms with Crippen LogP contribution in [0, 0.1) is 0 Å². The summed E-state index contributed by atoms with van der Waals surface area (Å²) in [5, 5.41) is 8.51. The van der Waals surface area contributed by atoms with E-state index in [0.29, 0.717) is 5.92 Å². The zero-order chi connectivity index (χ0) is 16.4. The van der Waals surface area contributed by atoms with Gasteiger partial charge in [-0.25, -0.2) is 14.5 Å². The van der Waals surface area contributed by atoms with E-state index in [1.165, 1.54) is 18.6 Å². The number of carbonyl (C=O) groups excluding carboxylic acids is 2. The minimum absolute atomic E-state index is 0.124. The van der Waals surface area contributed by atoms with Crippen LogP contribution in [-0.4, -0.2) is 33.8 Å². The first-order chi connectivity index (χ1) is 11.1. The van der Waals surface area contributed by atoms with Crippen LogP contribution in [-0.2, 0) is 16.1 Å². The van der Waals surface area contributed by atoms with Crippen LogP contribution in [0.4, 0.5) is 5.13 Å². The number of nitrogens with one attached hydrogen (secondary N) is 1. The fraction of sp³-hybridized carbons (Fsp3) is 0.357. The maximum absolute atomic E-state index is 12.0. The molecule has 1 amide bonds. The number of rotatable bonds is 5. The largest absolute Gasteiger partial charge is 0.464 e. The molecule has 2 heterocycles. The maximum Gasteiger partial charge on any atom is 0.357 e. The Bertz CT molecular complexity index is 809. The van der Waals surface area contributed by atoms with E-state index in [1.54, 1.807) is 6.07 Å². The van der Waals surface area contributed by atoms with Crippen molar-refractivity contribution in [2.24, 2.45) is 0 Å². The van der Waals surface area contributed by atoms with Crippen molar-refractivity contribution in [3.05, 3.63) is 39.3 Å². The average Bonchev–Trinajstić information content (AvgIpc) is 3.28. The third-order valence-corrected chi connectivity index (χ3v) is 4.08. The van der Waals surface area contributed by atoms with Gasteiger partial charge in [0.15, 0.2) is 10.8 Å². The van der Waals surface area contributed by atoms with E-state index in [0.717, 1.165) is 34.6 Å². The number of esters is 1. The summed E-state index contributed by atoms with van der Waals surface area (Å²) in [6.07, 6.45) is 2.12. The summed E-state index contributed by atoms with van der Waals surface area (Å²) in [5.41, 5.74) is 0.623. The predicted molar refractivity (Wildman–Crippen MR) is 82.6 cm³/mol. The van der Waals surface area contributed by atoms with Crippen molar-refractivity contribution in [1.82, 2.24) is 14.8 Å². The number of amides is 1. The zero-order valence-electron chi connectivity index (χ0n) is 12.3. The SMILES string of the molecule is COC(=O)c1csc(NC(=O)Cn2nc(C3CC3)ccc2=O)n1. The van der Waals surface area contributed by atoms with Gasteiger partial charge in [-0.05, 0) is 18.9 Å². The molecule has 9 heteroatoms. The van der Waals surface area contributed by atoms with Gasteiger partial charge < -0.3 is 10.1 Å². The number of hydrogen-bond acceptors (Lipinski definition) is 7. The summed E-state index contributed by atoms with van der Waals surface area (Å²) in [7, 11) is 1.25. The first-order valence-electron chi connectivity index (χ1n) is 6.98. The van der Waals surface area contributed by atoms with E-state index in [9.17, 15) is 14.4 Å². The topological polar surface area (TPSA) is 103 Å². The van der Waals surface area contributed by atoms with Gasteiger partial charge >= 0.3 is 5.97 Å². The van der Waals surface area contributed by atoms with Crippen LogP contribution in [0.25, 0.3) is 0 Å². The summed E-state index contributed by atoms with van der Waals surface area (Å²) < 4.78 is 5.68. The van der Waals surface area contributed by atoms with Crippen LogP contribution in [0.2, 0.25) is 0 Å². The molecule has 2 aromatic heterocycles. The lowest BCUT2D eigenvalue weighted by Gasteiger charge is -2.06. The van der Waals surface area contributed by atoms with Crippen molar-refractivity contribution in [2.45, 2.75) is 25.3 Å². The van der Waals surface area contributed by atoms with Crippen LogP contribution in [0.1, 0.15) is 34.9 Å². The molecule has 0 saturated heterocycles. The highest BCUT2D eigenvalue weighted by atomic mass is 32.1. The number of aromatic nitrogens is 3. The molecule has 0 aromatic carbocycles. The Morgan fingerprint density at radius 3 is 2.91 bits per heavy atom. The molecule has 2 aromatic rings. The molecule has 0 spiro atoms. The molecule has 3 rings (SSSR count). The highest BCUT2D eigenvalue weighted by molar-refractivity contribution is 7.14. The molecule has 1 aliphatic rings. The summed E-state index contributed by atoms with van der Waals surface area (Å²) in [4.78, 5) is 39.1. The van der Waals surface area contributed by atoms with Crippen LogP contribution in [0.15, 0.2) is 22.3 Å². The Hall–Kier alpha value is -2.55. The standard InChI is InChI=1S/C14H14N4O4S/c1-22-13(21)10-7-23-14(15-10)16-11(19)6-18-12(20)5-4-9(17-18)8-2-3-8/h4-5,7-8H,2-3,6H2,1H3,(H,15,16,19). The Morgan fingerprint density at radius 1 is 1.43 bits per heavy atom. The monoisotopic (exact) mass is 334 g/mol. The lowest BCUT2D eigenvalue weighted by molar-refractivity contribution is -0.117. The van der Waals surface area contributed by atoms with Gasteiger partial charge in [0, 0.05) is 17.4 Å². The smallest absolute Gasteiger partial charge is 0.357 e. The van der Waals surface area contributed by atoms with Crippen molar-refractivity contribution in [3.8, 4) is 0 Å². The zero-order valence-corrected chi connectivity index (χ0v) is 13.1. The molecule has 0 aliphatic heterocycles. The highest BCUT2D eigenvalue weighted by Crippen LogP contribution is 2.38. The second-order valence-electron chi connectivity index (χ2n) is 5.11. The number of methoxy groups -OCH3 is 1. The predicted octanol–water partition coefficient (Wildman–Crippen LogP) is 1.00. The van der Waals surface area contributed by atoms with E-state index >= 15 is 0 Å². The number of nitrogens with zero attached hydrogens (tertiary/aromatic N) is 3. The van der Waals surface area contributed by atoms with Crippen molar-refractivity contribution < 1.29 is 14.3 Å². The molecule has 1 aliphatic carbocycles. The molecule has 23 heavy (non-hydrogen) atoms. The Kier molecular flexibility index (Phi) is 4.20. The fourth-order valence-corrected chi connectivity index (χ4v) is 2.70. The normalized spacial score (nSPS) is 13.6. The quantitative estimate of drug-likeness (QED) is 0.818. The molecule has 1 saturated carbocycles. The van der Waals surface area contributed by atoms with Gasteiger partial charge in [-0.2, -0.15) is 5.10 Å². The summed E-state index contributed by atoms with van der Waals surface area (Å²) in [6.45, 7) is -0.202. The molecular formula is C14H14N4O4S. The summed E-state index contributed by atoms with van der Waals surface area (Å²) >= 11 is 1.10. The van der Waals surface area contributed by atoms with Gasteiger partial charge in [0.05, 0.1) is 12.8 Å². The number of thiazole rings is 1. The molecule has 0 radical (unpaired) electrons. The van der Waals surface area contributed by atoms with Crippen LogP contribution in [0.3, 0.4) is 0 Å². The van der Waals surface area contributed by atoms with Crippen molar-refractivity contribution >= 4 is 28.3 Å². The fourth-order valence-electron chi connectivity index (χ4n) is 2.00. The van der Waals surface area contributed by atoms with E-state index in [4.69, 9.17) is 0 Å². The average molecular weight is 334 g/mol. The van der Waals surface area contributed by atoms with E-state index in [2.05, 4.69) is 20.1 Å². The second-order valence-corrected chi connectivity index (χ2v) is 5.96. The number of ether oxygens (including phenoxy) is 1. The molecule has 1 fully saturated rings. The minimum Gasteiger partial charge on any atom is -0.464 e. The van der Waals surface area contributed by atoms with Gasteiger partial charge in [-0.15, -0.1) is 11.3 Å². The first kappa shape index (κ1) is 15.3.